The van der Waals surface area contributed by atoms with Gasteiger partial charge in [-0.15, -0.1) is 16.4 Å². The number of aromatic nitrogens is 5. The maximum absolute atomic E-state index is 12.9. The Kier molecular flexibility index (Phi) is 6.66. The molecule has 0 saturated heterocycles. The van der Waals surface area contributed by atoms with E-state index in [9.17, 15) is 14.7 Å². The van der Waals surface area contributed by atoms with Crippen LogP contribution in [0.15, 0.2) is 63.2 Å². The molecule has 0 aliphatic carbocycles. The summed E-state index contributed by atoms with van der Waals surface area (Å²) in [5.41, 5.74) is 1.80. The third-order valence-electron chi connectivity index (χ3n) is 5.70. The number of methoxy groups -OCH3 is 2. The average Bonchev–Trinajstić information content (AvgIpc) is 3.67. The van der Waals surface area contributed by atoms with Crippen molar-refractivity contribution in [2.45, 2.75) is 13.0 Å². The number of benzene rings is 2. The highest BCUT2D eigenvalue weighted by molar-refractivity contribution is 7.12. The van der Waals surface area contributed by atoms with Crippen LogP contribution >= 0.6 is 11.3 Å². The molecule has 12 nitrogen and oxygen atoms in total. The lowest BCUT2D eigenvalue weighted by molar-refractivity contribution is 0.0702. The minimum absolute atomic E-state index is 0.00747. The van der Waals surface area contributed by atoms with Crippen molar-refractivity contribution >= 4 is 23.0 Å². The third kappa shape index (κ3) is 4.74. The number of carbonyl (C=O) groups is 1. The number of carboxylic acids is 1. The van der Waals surface area contributed by atoms with E-state index >= 15 is 0 Å². The van der Waals surface area contributed by atoms with Gasteiger partial charge in [0.1, 0.15) is 10.9 Å². The van der Waals surface area contributed by atoms with Crippen molar-refractivity contribution in [1.82, 2.24) is 24.9 Å². The van der Waals surface area contributed by atoms with Gasteiger partial charge in [0.25, 0.3) is 0 Å². The lowest BCUT2D eigenvalue weighted by Gasteiger charge is -2.20. The number of hydrogen-bond donors (Lipinski definition) is 3. The number of anilines is 1. The number of nitrogens with one attached hydrogen (secondary N) is 2. The van der Waals surface area contributed by atoms with Crippen molar-refractivity contribution in [3.8, 4) is 28.6 Å². The van der Waals surface area contributed by atoms with Gasteiger partial charge in [-0.1, -0.05) is 11.2 Å². The monoisotopic (exact) mass is 534 g/mol. The fourth-order valence-electron chi connectivity index (χ4n) is 3.90. The molecule has 0 radical (unpaired) electrons. The molecule has 0 amide bonds. The maximum atomic E-state index is 12.9. The summed E-state index contributed by atoms with van der Waals surface area (Å²) in [6, 6.07) is 13.6. The molecule has 0 saturated carbocycles. The molecule has 5 aromatic rings. The molecular weight excluding hydrogens is 512 g/mol. The summed E-state index contributed by atoms with van der Waals surface area (Å²) in [6.07, 6.45) is 0. The highest BCUT2D eigenvalue weighted by atomic mass is 32.1. The summed E-state index contributed by atoms with van der Waals surface area (Å²) in [5, 5.41) is 22.9. The number of nitrogens with zero attached hydrogens (tertiary/aromatic N) is 4. The number of rotatable bonds is 9. The minimum Gasteiger partial charge on any atom is -0.493 e. The normalized spacial score (nSPS) is 11.8. The van der Waals surface area contributed by atoms with Gasteiger partial charge in [0, 0.05) is 18.2 Å². The number of aromatic amines is 1. The van der Waals surface area contributed by atoms with Crippen molar-refractivity contribution in [3.63, 3.8) is 0 Å². The van der Waals surface area contributed by atoms with Gasteiger partial charge in [0.15, 0.2) is 17.3 Å². The minimum atomic E-state index is -1.14. The van der Waals surface area contributed by atoms with E-state index in [1.165, 1.54) is 13.2 Å². The topological polar surface area (TPSA) is 157 Å². The Morgan fingerprint density at radius 3 is 2.55 bits per heavy atom. The largest absolute Gasteiger partial charge is 0.493 e. The SMILES string of the molecule is COc1ccc(C(Nc2ccc(-c3noc(C)n3)cc2)c2nn(-c3ccsc3C(=O)O)c(=O)[nH]2)cc1OC. The van der Waals surface area contributed by atoms with Gasteiger partial charge >= 0.3 is 11.7 Å². The first-order valence-electron chi connectivity index (χ1n) is 11.3. The molecule has 194 valence electrons. The second-order valence-electron chi connectivity index (χ2n) is 8.07. The molecular formula is C25H22N6O6S. The maximum Gasteiger partial charge on any atom is 0.348 e. The number of aryl methyl sites for hydroxylation is 1. The number of hydrogen-bond acceptors (Lipinski definition) is 10. The summed E-state index contributed by atoms with van der Waals surface area (Å²) in [7, 11) is 3.07. The van der Waals surface area contributed by atoms with E-state index in [0.717, 1.165) is 21.6 Å². The summed E-state index contributed by atoms with van der Waals surface area (Å²) in [6.45, 7) is 1.72. The summed E-state index contributed by atoms with van der Waals surface area (Å²) in [5.74, 6) is 1.09. The van der Waals surface area contributed by atoms with Crippen LogP contribution in [0.5, 0.6) is 11.5 Å². The van der Waals surface area contributed by atoms with Gasteiger partial charge in [-0.2, -0.15) is 9.67 Å². The number of ether oxygens (including phenoxy) is 2. The number of H-pyrrole nitrogens is 1. The molecule has 0 aliphatic rings. The van der Waals surface area contributed by atoms with Crippen LogP contribution in [0.1, 0.15) is 33.0 Å². The Morgan fingerprint density at radius 1 is 1.13 bits per heavy atom. The molecule has 13 heteroatoms. The lowest BCUT2D eigenvalue weighted by atomic mass is 10.0. The molecule has 1 atom stereocenters. The second kappa shape index (κ2) is 10.2. The fraction of sp³-hybridized carbons (Fsp3) is 0.160. The van der Waals surface area contributed by atoms with Crippen molar-refractivity contribution in [3.05, 3.63) is 86.6 Å². The quantitative estimate of drug-likeness (QED) is 0.253. The highest BCUT2D eigenvalue weighted by Crippen LogP contribution is 2.33. The Bertz CT molecular complexity index is 1650. The van der Waals surface area contributed by atoms with E-state index < -0.39 is 17.7 Å². The molecule has 38 heavy (non-hydrogen) atoms. The molecule has 2 aromatic carbocycles. The van der Waals surface area contributed by atoms with E-state index in [4.69, 9.17) is 14.0 Å². The van der Waals surface area contributed by atoms with Crippen LogP contribution in [0.25, 0.3) is 17.1 Å². The van der Waals surface area contributed by atoms with E-state index in [1.54, 1.807) is 31.5 Å². The molecule has 1 unspecified atom stereocenters. The number of aromatic carboxylic acids is 1. The second-order valence-corrected chi connectivity index (χ2v) is 8.99. The van der Waals surface area contributed by atoms with E-state index in [-0.39, 0.29) is 16.4 Å². The van der Waals surface area contributed by atoms with Crippen molar-refractivity contribution in [2.75, 3.05) is 19.5 Å². The zero-order valence-corrected chi connectivity index (χ0v) is 21.3. The van der Waals surface area contributed by atoms with Gasteiger partial charge in [0.05, 0.1) is 19.9 Å². The molecule has 0 aliphatic heterocycles. The molecule has 0 bridgehead atoms. The van der Waals surface area contributed by atoms with Crippen LogP contribution in [0, 0.1) is 6.92 Å². The van der Waals surface area contributed by atoms with Crippen LogP contribution in [0.3, 0.4) is 0 Å². The lowest BCUT2D eigenvalue weighted by Crippen LogP contribution is -2.17. The average molecular weight is 535 g/mol. The molecule has 3 heterocycles. The molecule has 3 N–H and O–H groups in total. The smallest absolute Gasteiger partial charge is 0.348 e. The first-order chi connectivity index (χ1) is 18.4. The zero-order valence-electron chi connectivity index (χ0n) is 20.5. The molecule has 0 fully saturated rings. The van der Waals surface area contributed by atoms with Gasteiger partial charge in [-0.05, 0) is 53.4 Å². The van der Waals surface area contributed by atoms with E-state index in [1.807, 2.05) is 30.3 Å². The van der Waals surface area contributed by atoms with Crippen LogP contribution in [0.4, 0.5) is 5.69 Å². The van der Waals surface area contributed by atoms with Crippen LogP contribution < -0.4 is 20.5 Å². The summed E-state index contributed by atoms with van der Waals surface area (Å²) >= 11 is 1.01. The summed E-state index contributed by atoms with van der Waals surface area (Å²) in [4.78, 5) is 31.5. The number of carboxylic acid groups (broad SMARTS) is 1. The van der Waals surface area contributed by atoms with Crippen molar-refractivity contribution < 1.29 is 23.9 Å². The predicted octanol–water partition coefficient (Wildman–Crippen LogP) is 3.90. The molecule has 0 spiro atoms. The molecule has 5 rings (SSSR count). The van der Waals surface area contributed by atoms with Crippen LogP contribution in [-0.4, -0.2) is 50.2 Å². The summed E-state index contributed by atoms with van der Waals surface area (Å²) < 4.78 is 16.9. The Labute approximate surface area is 219 Å². The van der Waals surface area contributed by atoms with E-state index in [0.29, 0.717) is 34.5 Å². The predicted molar refractivity (Wildman–Crippen MR) is 139 cm³/mol. The first kappa shape index (κ1) is 24.8. The number of thiophene rings is 1. The standard InChI is InChI=1S/C25H22N6O6S/c1-13-26-22(30-37-13)14-4-7-16(8-5-14)27-20(15-6-9-18(35-2)19(12-15)36-3)23-28-25(34)31(29-23)17-10-11-38-21(17)24(32)33/h4-12,20,27H,1-3H3,(H,32,33)(H,28,29,34). The van der Waals surface area contributed by atoms with Crippen LogP contribution in [-0.2, 0) is 0 Å². The molecule has 3 aromatic heterocycles. The van der Waals surface area contributed by atoms with E-state index in [2.05, 4.69) is 25.5 Å². The van der Waals surface area contributed by atoms with Crippen molar-refractivity contribution in [2.24, 2.45) is 0 Å². The third-order valence-corrected chi connectivity index (χ3v) is 6.59. The van der Waals surface area contributed by atoms with Crippen LogP contribution in [0.2, 0.25) is 0 Å². The first-order valence-corrected chi connectivity index (χ1v) is 12.2. The Morgan fingerprint density at radius 2 is 1.89 bits per heavy atom. The highest BCUT2D eigenvalue weighted by Gasteiger charge is 2.24. The van der Waals surface area contributed by atoms with Gasteiger partial charge < -0.3 is 24.4 Å². The Balaban J connectivity index is 1.55. The van der Waals surface area contributed by atoms with Gasteiger partial charge in [-0.25, -0.2) is 9.59 Å². The zero-order chi connectivity index (χ0) is 26.8. The van der Waals surface area contributed by atoms with Crippen molar-refractivity contribution in [1.29, 1.82) is 0 Å². The van der Waals surface area contributed by atoms with Gasteiger partial charge in [0.2, 0.25) is 11.7 Å². The fourth-order valence-corrected chi connectivity index (χ4v) is 4.61. The Hall–Kier alpha value is -4.91. The van der Waals surface area contributed by atoms with Gasteiger partial charge in [-0.3, -0.25) is 4.98 Å².